The maximum absolute atomic E-state index is 11.9. The molecule has 2 aromatic rings. The lowest BCUT2D eigenvalue weighted by Crippen LogP contribution is -2.26. The van der Waals surface area contributed by atoms with Gasteiger partial charge >= 0.3 is 0 Å². The summed E-state index contributed by atoms with van der Waals surface area (Å²) < 4.78 is 26.9. The smallest absolute Gasteiger partial charge is 0.258 e. The lowest BCUT2D eigenvalue weighted by atomic mass is 10.3. The van der Waals surface area contributed by atoms with Crippen molar-refractivity contribution < 1.29 is 8.42 Å². The number of nitrogens with one attached hydrogen (secondary N) is 2. The van der Waals surface area contributed by atoms with Crippen molar-refractivity contribution in [2.24, 2.45) is 0 Å². The number of hydrogen-bond donors (Lipinski definition) is 2. The number of H-pyrrole nitrogens is 1. The molecule has 0 aliphatic rings. The summed E-state index contributed by atoms with van der Waals surface area (Å²) in [6.45, 7) is 1.76. The summed E-state index contributed by atoms with van der Waals surface area (Å²) in [6, 6.07) is 4.60. The minimum atomic E-state index is -3.56. The van der Waals surface area contributed by atoms with Crippen LogP contribution in [-0.2, 0) is 10.0 Å². The monoisotopic (exact) mass is 291 g/mol. The predicted octanol–water partition coefficient (Wildman–Crippen LogP) is 2.16. The summed E-state index contributed by atoms with van der Waals surface area (Å²) in [5.41, 5.74) is 0. The number of aromatic amines is 1. The molecule has 2 rings (SSSR count). The van der Waals surface area contributed by atoms with Gasteiger partial charge in [-0.25, -0.2) is 13.1 Å². The fraction of sp³-hybridized carbons (Fsp3) is 0.222. The topological polar surface area (TPSA) is 74.8 Å². The van der Waals surface area contributed by atoms with Crippen LogP contribution in [0.1, 0.15) is 17.8 Å². The van der Waals surface area contributed by atoms with Gasteiger partial charge in [0.1, 0.15) is 0 Å². The number of sulfonamides is 1. The van der Waals surface area contributed by atoms with Crippen molar-refractivity contribution in [3.05, 3.63) is 33.6 Å². The number of nitrogens with zero attached hydrogens (tertiary/aromatic N) is 1. The van der Waals surface area contributed by atoms with Gasteiger partial charge in [-0.2, -0.15) is 5.10 Å². The van der Waals surface area contributed by atoms with Crippen LogP contribution in [0, 0.1) is 0 Å². The Hall–Kier alpha value is -0.890. The summed E-state index contributed by atoms with van der Waals surface area (Å²) in [6.07, 6.45) is 1.39. The Bertz CT molecular complexity index is 592. The van der Waals surface area contributed by atoms with Crippen molar-refractivity contribution in [1.29, 1.82) is 0 Å². The van der Waals surface area contributed by atoms with Gasteiger partial charge in [0.05, 0.1) is 16.6 Å². The third kappa shape index (κ3) is 2.86. The van der Waals surface area contributed by atoms with Gasteiger partial charge in [0, 0.05) is 4.88 Å². The highest BCUT2D eigenvalue weighted by atomic mass is 35.5. The molecule has 1 unspecified atom stereocenters. The molecular weight excluding hydrogens is 282 g/mol. The van der Waals surface area contributed by atoms with E-state index >= 15 is 0 Å². The highest BCUT2D eigenvalue weighted by Gasteiger charge is 2.20. The van der Waals surface area contributed by atoms with Crippen LogP contribution in [0.2, 0.25) is 4.34 Å². The molecule has 0 aliphatic heterocycles. The molecule has 0 aliphatic carbocycles. The molecule has 8 heteroatoms. The van der Waals surface area contributed by atoms with Gasteiger partial charge in [-0.15, -0.1) is 11.3 Å². The zero-order chi connectivity index (χ0) is 12.5. The number of rotatable bonds is 4. The first-order chi connectivity index (χ1) is 7.99. The molecular formula is C9H10ClN3O2S2. The van der Waals surface area contributed by atoms with E-state index in [1.807, 2.05) is 0 Å². The maximum Gasteiger partial charge on any atom is 0.258 e. The van der Waals surface area contributed by atoms with Crippen LogP contribution in [0.3, 0.4) is 0 Å². The Morgan fingerprint density at radius 1 is 1.47 bits per heavy atom. The van der Waals surface area contributed by atoms with Crippen LogP contribution in [0.5, 0.6) is 0 Å². The summed E-state index contributed by atoms with van der Waals surface area (Å²) in [4.78, 5) is 0.859. The minimum Gasteiger partial charge on any atom is -0.266 e. The largest absolute Gasteiger partial charge is 0.266 e. The molecule has 1 atom stereocenters. The summed E-state index contributed by atoms with van der Waals surface area (Å²) >= 11 is 7.15. The van der Waals surface area contributed by atoms with Crippen molar-refractivity contribution in [3.63, 3.8) is 0 Å². The van der Waals surface area contributed by atoms with Crippen LogP contribution >= 0.6 is 22.9 Å². The molecule has 92 valence electrons. The molecule has 17 heavy (non-hydrogen) atoms. The summed E-state index contributed by atoms with van der Waals surface area (Å²) in [5, 5.41) is 6.07. The van der Waals surface area contributed by atoms with Crippen molar-refractivity contribution in [2.45, 2.75) is 18.0 Å². The second-order valence-electron chi connectivity index (χ2n) is 3.41. The number of aromatic nitrogens is 2. The molecule has 0 saturated heterocycles. The van der Waals surface area contributed by atoms with Gasteiger partial charge in [-0.1, -0.05) is 11.6 Å². The molecule has 5 nitrogen and oxygen atoms in total. The number of hydrogen-bond acceptors (Lipinski definition) is 4. The zero-order valence-electron chi connectivity index (χ0n) is 8.84. The normalized spacial score (nSPS) is 13.8. The zero-order valence-corrected chi connectivity index (χ0v) is 11.2. The van der Waals surface area contributed by atoms with E-state index in [4.69, 9.17) is 11.6 Å². The molecule has 0 spiro atoms. The van der Waals surface area contributed by atoms with E-state index in [2.05, 4.69) is 14.9 Å². The molecule has 2 heterocycles. The average Bonchev–Trinajstić information content (AvgIpc) is 2.86. The highest BCUT2D eigenvalue weighted by molar-refractivity contribution is 7.89. The quantitative estimate of drug-likeness (QED) is 0.906. The maximum atomic E-state index is 11.9. The molecule has 2 aromatic heterocycles. The van der Waals surface area contributed by atoms with Crippen LogP contribution in [0.15, 0.2) is 29.4 Å². The lowest BCUT2D eigenvalue weighted by Gasteiger charge is -2.11. The summed E-state index contributed by atoms with van der Waals surface area (Å²) in [7, 11) is -3.56. The second-order valence-corrected chi connectivity index (χ2v) is 6.83. The molecule has 0 bridgehead atoms. The first-order valence-corrected chi connectivity index (χ1v) is 7.44. The van der Waals surface area contributed by atoms with Crippen LogP contribution in [0.4, 0.5) is 0 Å². The van der Waals surface area contributed by atoms with Crippen LogP contribution in [-0.4, -0.2) is 18.6 Å². The number of halogens is 1. The second kappa shape index (κ2) is 4.77. The van der Waals surface area contributed by atoms with Gasteiger partial charge in [0.25, 0.3) is 10.0 Å². The standard InChI is InChI=1S/C9H10ClN3O2S2/c1-6(7-2-3-8(10)16-7)13-17(14,15)9-4-5-11-12-9/h2-6,13H,1H3,(H,11,12). The Labute approximate surface area is 108 Å². The van der Waals surface area contributed by atoms with E-state index in [9.17, 15) is 8.42 Å². The molecule has 0 fully saturated rings. The van der Waals surface area contributed by atoms with E-state index in [0.717, 1.165) is 4.88 Å². The molecule has 0 saturated carbocycles. The average molecular weight is 292 g/mol. The lowest BCUT2D eigenvalue weighted by molar-refractivity contribution is 0.564. The fourth-order valence-electron chi connectivity index (χ4n) is 1.31. The SMILES string of the molecule is CC(NS(=O)(=O)c1ccn[nH]1)c1ccc(Cl)s1. The minimum absolute atomic E-state index is 0.0482. The van der Waals surface area contributed by atoms with Crippen molar-refractivity contribution in [2.75, 3.05) is 0 Å². The van der Waals surface area contributed by atoms with E-state index in [-0.39, 0.29) is 11.1 Å². The van der Waals surface area contributed by atoms with Gasteiger partial charge < -0.3 is 0 Å². The van der Waals surface area contributed by atoms with E-state index in [0.29, 0.717) is 4.34 Å². The molecule has 0 aromatic carbocycles. The summed E-state index contributed by atoms with van der Waals surface area (Å²) in [5.74, 6) is 0. The molecule has 2 N–H and O–H groups in total. The van der Waals surface area contributed by atoms with Crippen LogP contribution in [0.25, 0.3) is 0 Å². The molecule has 0 radical (unpaired) electrons. The van der Waals surface area contributed by atoms with Crippen molar-refractivity contribution >= 4 is 33.0 Å². The van der Waals surface area contributed by atoms with Crippen molar-refractivity contribution in [1.82, 2.24) is 14.9 Å². The van der Waals surface area contributed by atoms with Gasteiger partial charge in [0.2, 0.25) is 0 Å². The third-order valence-electron chi connectivity index (χ3n) is 2.12. The Morgan fingerprint density at radius 2 is 2.24 bits per heavy atom. The van der Waals surface area contributed by atoms with Crippen molar-refractivity contribution in [3.8, 4) is 0 Å². The fourth-order valence-corrected chi connectivity index (χ4v) is 3.58. The Balaban J connectivity index is 2.17. The van der Waals surface area contributed by atoms with Gasteiger partial charge in [-0.05, 0) is 25.1 Å². The molecule has 0 amide bonds. The Kier molecular flexibility index (Phi) is 3.53. The third-order valence-corrected chi connectivity index (χ3v) is 5.00. The van der Waals surface area contributed by atoms with E-state index in [1.54, 1.807) is 19.1 Å². The highest BCUT2D eigenvalue weighted by Crippen LogP contribution is 2.27. The first-order valence-electron chi connectivity index (χ1n) is 4.76. The van der Waals surface area contributed by atoms with Crippen LogP contribution < -0.4 is 4.72 Å². The van der Waals surface area contributed by atoms with E-state index < -0.39 is 10.0 Å². The first kappa shape index (κ1) is 12.6. The Morgan fingerprint density at radius 3 is 2.76 bits per heavy atom. The predicted molar refractivity (Wildman–Crippen MR) is 66.7 cm³/mol. The van der Waals surface area contributed by atoms with Gasteiger partial charge in [0.15, 0.2) is 5.03 Å². The number of thiophene rings is 1. The van der Waals surface area contributed by atoms with E-state index in [1.165, 1.54) is 23.6 Å². The van der Waals surface area contributed by atoms with Gasteiger partial charge in [-0.3, -0.25) is 5.10 Å².